The van der Waals surface area contributed by atoms with E-state index in [2.05, 4.69) is 15.3 Å². The van der Waals surface area contributed by atoms with Gasteiger partial charge in [0.1, 0.15) is 45.8 Å². The van der Waals surface area contributed by atoms with Crippen LogP contribution >= 0.6 is 22.9 Å². The van der Waals surface area contributed by atoms with E-state index in [1.54, 1.807) is 31.7 Å². The minimum Gasteiger partial charge on any atom is -0.444 e. The zero-order valence-electron chi connectivity index (χ0n) is 26.0. The highest BCUT2D eigenvalue weighted by atomic mass is 35.5. The Hall–Kier alpha value is -4.28. The van der Waals surface area contributed by atoms with Crippen LogP contribution in [-0.2, 0) is 9.47 Å². The molecule has 240 valence electrons. The summed E-state index contributed by atoms with van der Waals surface area (Å²) in [5.74, 6) is -0.950. The number of benzene rings is 2. The van der Waals surface area contributed by atoms with Gasteiger partial charge in [-0.25, -0.2) is 28.3 Å². The van der Waals surface area contributed by atoms with Crippen molar-refractivity contribution in [2.75, 3.05) is 23.3 Å². The third kappa shape index (κ3) is 5.64. The Kier molecular flexibility index (Phi) is 7.72. The maximum atomic E-state index is 16.5. The molecule has 2 aromatic heterocycles. The van der Waals surface area contributed by atoms with E-state index in [-0.39, 0.29) is 60.5 Å². The summed E-state index contributed by atoms with van der Waals surface area (Å²) in [6.45, 7) is 11.5. The molecule has 3 saturated heterocycles. The summed E-state index contributed by atoms with van der Waals surface area (Å²) in [7, 11) is 0. The van der Waals surface area contributed by atoms with Gasteiger partial charge in [0, 0.05) is 29.4 Å². The number of nitrogens with zero attached hydrogens (tertiary/aromatic N) is 5. The van der Waals surface area contributed by atoms with Gasteiger partial charge in [0.05, 0.1) is 27.4 Å². The fourth-order valence-corrected chi connectivity index (χ4v) is 7.34. The van der Waals surface area contributed by atoms with Gasteiger partial charge in [0.15, 0.2) is 5.82 Å². The summed E-state index contributed by atoms with van der Waals surface area (Å²) < 4.78 is 42.5. The van der Waals surface area contributed by atoms with Crippen molar-refractivity contribution in [2.45, 2.75) is 71.2 Å². The van der Waals surface area contributed by atoms with Crippen LogP contribution in [0.1, 0.15) is 53.5 Å². The summed E-state index contributed by atoms with van der Waals surface area (Å²) in [4.78, 5) is 37.7. The fraction of sp³-hybridized carbons (Fsp3) is 0.406. The summed E-state index contributed by atoms with van der Waals surface area (Å²) in [5.41, 5.74) is -1.39. The third-order valence-corrected chi connectivity index (χ3v) is 9.10. The minimum atomic E-state index is -0.818. The number of thiophene rings is 1. The molecule has 0 saturated carbocycles. The van der Waals surface area contributed by atoms with Crippen LogP contribution in [0.15, 0.2) is 24.5 Å². The number of anilines is 2. The smallest absolute Gasteiger partial charge is 0.412 e. The molecule has 0 spiro atoms. The summed E-state index contributed by atoms with van der Waals surface area (Å²) >= 11 is 7.61. The van der Waals surface area contributed by atoms with Crippen molar-refractivity contribution in [3.8, 4) is 17.2 Å². The van der Waals surface area contributed by atoms with Gasteiger partial charge in [-0.05, 0) is 65.7 Å². The van der Waals surface area contributed by atoms with Crippen molar-refractivity contribution in [3.05, 3.63) is 46.7 Å². The molecule has 2 aromatic carbocycles. The number of amides is 2. The zero-order chi connectivity index (χ0) is 33.3. The van der Waals surface area contributed by atoms with Gasteiger partial charge in [0.25, 0.3) is 0 Å². The second kappa shape index (κ2) is 11.2. The Morgan fingerprint density at radius 3 is 2.39 bits per heavy atom. The number of piperazine rings is 1. The van der Waals surface area contributed by atoms with E-state index in [9.17, 15) is 14.9 Å². The van der Waals surface area contributed by atoms with Crippen molar-refractivity contribution in [2.24, 2.45) is 0 Å². The molecule has 2 amide bonds. The van der Waals surface area contributed by atoms with Gasteiger partial charge >= 0.3 is 12.2 Å². The first-order valence-corrected chi connectivity index (χ1v) is 15.8. The van der Waals surface area contributed by atoms with Crippen LogP contribution in [-0.4, -0.2) is 63.4 Å². The van der Waals surface area contributed by atoms with Crippen molar-refractivity contribution in [1.29, 1.82) is 5.26 Å². The van der Waals surface area contributed by atoms with E-state index < -0.39 is 28.9 Å². The van der Waals surface area contributed by atoms with Crippen LogP contribution in [0.2, 0.25) is 5.02 Å². The van der Waals surface area contributed by atoms with Gasteiger partial charge in [-0.2, -0.15) is 5.26 Å². The molecule has 4 aromatic rings. The van der Waals surface area contributed by atoms with E-state index in [0.29, 0.717) is 24.3 Å². The van der Waals surface area contributed by atoms with E-state index >= 15 is 8.78 Å². The number of halogens is 3. The fourth-order valence-electron chi connectivity index (χ4n) is 5.98. The van der Waals surface area contributed by atoms with Crippen LogP contribution in [0.4, 0.5) is 29.2 Å². The Balaban J connectivity index is 1.39. The topological polar surface area (TPSA) is 121 Å². The molecule has 3 aliphatic rings. The quantitative estimate of drug-likeness (QED) is 0.234. The monoisotopic (exact) mass is 668 g/mol. The summed E-state index contributed by atoms with van der Waals surface area (Å²) in [6.07, 6.45) is 0.908. The van der Waals surface area contributed by atoms with Crippen molar-refractivity contribution >= 4 is 66.9 Å². The minimum absolute atomic E-state index is 0.00301. The third-order valence-electron chi connectivity index (χ3n) is 7.68. The maximum Gasteiger partial charge on any atom is 0.412 e. The number of nitrogens with one attached hydrogen (secondary N) is 1. The van der Waals surface area contributed by atoms with Gasteiger partial charge in [-0.15, -0.1) is 11.3 Å². The summed E-state index contributed by atoms with van der Waals surface area (Å²) in [5, 5.41) is 13.2. The average Bonchev–Trinajstić information content (AvgIpc) is 3.30. The number of rotatable bonds is 3. The molecule has 10 nitrogen and oxygen atoms in total. The first-order valence-electron chi connectivity index (χ1n) is 14.6. The number of carbonyl (C=O) groups excluding carboxylic acids is 2. The largest absolute Gasteiger partial charge is 0.444 e. The standard InChI is InChI=1S/C32H31ClF2N6O4S/c1-31(2,3)44-29(42)39-28-19(11-36)22-17(7-8-21(34)26(22)46-28)23-20(33)10-18-25(24(23)35)37-14-38-27(18)40-12-15-9-16(13-40)41(15)30(43)45-32(4,5)6/h7-8,10,14-16H,9,12-13H2,1-6H3,(H,39,42). The zero-order valence-corrected chi connectivity index (χ0v) is 27.6. The molecule has 2 unspecified atom stereocenters. The highest BCUT2D eigenvalue weighted by molar-refractivity contribution is 7.23. The lowest BCUT2D eigenvalue weighted by atomic mass is 9.88. The predicted molar refractivity (Wildman–Crippen MR) is 172 cm³/mol. The molecule has 14 heteroatoms. The molecule has 2 bridgehead atoms. The lowest BCUT2D eigenvalue weighted by Crippen LogP contribution is -2.70. The lowest BCUT2D eigenvalue weighted by Gasteiger charge is -2.56. The highest BCUT2D eigenvalue weighted by Crippen LogP contribution is 2.46. The number of hydrogen-bond acceptors (Lipinski definition) is 9. The Bertz CT molecular complexity index is 1950. The SMILES string of the molecule is CC(C)(C)OC(=O)Nc1sc2c(F)ccc(-c3c(Cl)cc4c(N5CC6CC(C5)N6C(=O)OC(C)(C)C)ncnc4c3F)c2c1C#N. The molecule has 1 N–H and O–H groups in total. The second-order valence-electron chi connectivity index (χ2n) is 13.3. The van der Waals surface area contributed by atoms with Crippen LogP contribution in [0, 0.1) is 23.0 Å². The highest BCUT2D eigenvalue weighted by Gasteiger charge is 2.49. The number of aromatic nitrogens is 2. The summed E-state index contributed by atoms with van der Waals surface area (Å²) in [6, 6.07) is 5.92. The molecule has 46 heavy (non-hydrogen) atoms. The first kappa shape index (κ1) is 31.7. The van der Waals surface area contributed by atoms with E-state index in [4.69, 9.17) is 21.1 Å². The maximum absolute atomic E-state index is 16.5. The lowest BCUT2D eigenvalue weighted by molar-refractivity contribution is -0.0380. The van der Waals surface area contributed by atoms with E-state index in [0.717, 1.165) is 23.8 Å². The van der Waals surface area contributed by atoms with Crippen molar-refractivity contribution in [1.82, 2.24) is 14.9 Å². The Morgan fingerprint density at radius 2 is 1.76 bits per heavy atom. The van der Waals surface area contributed by atoms with Crippen LogP contribution in [0.5, 0.6) is 0 Å². The van der Waals surface area contributed by atoms with E-state index in [1.807, 2.05) is 31.7 Å². The van der Waals surface area contributed by atoms with Crippen molar-refractivity contribution in [3.63, 3.8) is 0 Å². The molecular weight excluding hydrogens is 638 g/mol. The molecule has 5 heterocycles. The number of hydrogen-bond donors (Lipinski definition) is 1. The molecule has 2 atom stereocenters. The molecular formula is C32H31ClF2N6O4S. The Labute approximate surface area is 272 Å². The van der Waals surface area contributed by atoms with Gasteiger partial charge < -0.3 is 14.4 Å². The number of fused-ring (bicyclic) bond motifs is 4. The molecule has 7 rings (SSSR count). The van der Waals surface area contributed by atoms with E-state index in [1.165, 1.54) is 12.4 Å². The number of piperidine rings is 1. The molecule has 3 aliphatic heterocycles. The van der Waals surface area contributed by atoms with Gasteiger partial charge in [-0.1, -0.05) is 17.7 Å². The number of nitriles is 1. The van der Waals surface area contributed by atoms with Gasteiger partial charge in [0.2, 0.25) is 0 Å². The van der Waals surface area contributed by atoms with Crippen LogP contribution in [0.25, 0.3) is 32.1 Å². The van der Waals surface area contributed by atoms with Crippen LogP contribution < -0.4 is 10.2 Å². The van der Waals surface area contributed by atoms with Crippen molar-refractivity contribution < 1.29 is 27.8 Å². The first-order chi connectivity index (χ1) is 21.6. The average molecular weight is 669 g/mol. The predicted octanol–water partition coefficient (Wildman–Crippen LogP) is 7.86. The normalized spacial score (nSPS) is 17.9. The number of carbonyl (C=O) groups is 2. The Morgan fingerprint density at radius 1 is 1.09 bits per heavy atom. The molecule has 0 aliphatic carbocycles. The van der Waals surface area contributed by atoms with Gasteiger partial charge in [-0.3, -0.25) is 10.2 Å². The second-order valence-corrected chi connectivity index (χ2v) is 14.7. The molecule has 0 radical (unpaired) electrons. The number of ether oxygens (including phenoxy) is 2. The molecule has 3 fully saturated rings. The van der Waals surface area contributed by atoms with Crippen LogP contribution in [0.3, 0.4) is 0 Å².